The molecule has 3 amide bonds. The highest BCUT2D eigenvalue weighted by atomic mass is 32.2. The number of hydrogen-bond acceptors (Lipinski definition) is 5. The molecule has 26 heavy (non-hydrogen) atoms. The number of hydrogen-bond donors (Lipinski definition) is 1. The summed E-state index contributed by atoms with van der Waals surface area (Å²) < 4.78 is 0. The standard InChI is InChI=1S/C19H16N2O4S/c1-11(22)20-15-8-7-12(9-17(15)26-2)16(23)10-21-18(24)13-5-3-4-6-14(13)19(21)25/h3-9H,10H2,1-2H3,(H,20,22). The normalized spacial score (nSPS) is 12.9. The number of carbonyl (C=O) groups excluding carboxylic acids is 4. The largest absolute Gasteiger partial charge is 0.325 e. The molecule has 3 rings (SSSR count). The third-order valence-electron chi connectivity index (χ3n) is 4.01. The molecule has 1 aliphatic heterocycles. The SMILES string of the molecule is CSc1cc(C(=O)CN2C(=O)c3ccccc3C2=O)ccc1NC(C)=O. The number of rotatable bonds is 5. The van der Waals surface area contributed by atoms with Crippen molar-refractivity contribution in [2.45, 2.75) is 11.8 Å². The number of carbonyl (C=O) groups is 4. The number of fused-ring (bicyclic) bond motifs is 1. The first kappa shape index (κ1) is 17.9. The maximum atomic E-state index is 12.6. The second-order valence-electron chi connectivity index (χ2n) is 5.76. The van der Waals surface area contributed by atoms with Crippen molar-refractivity contribution in [3.8, 4) is 0 Å². The molecule has 132 valence electrons. The van der Waals surface area contributed by atoms with Gasteiger partial charge in [0.1, 0.15) is 0 Å². The molecule has 7 heteroatoms. The number of benzene rings is 2. The molecule has 0 aliphatic carbocycles. The zero-order valence-corrected chi connectivity index (χ0v) is 15.1. The van der Waals surface area contributed by atoms with Crippen LogP contribution in [0.15, 0.2) is 47.4 Å². The molecule has 1 N–H and O–H groups in total. The van der Waals surface area contributed by atoms with E-state index in [2.05, 4.69) is 5.32 Å². The highest BCUT2D eigenvalue weighted by molar-refractivity contribution is 7.98. The summed E-state index contributed by atoms with van der Waals surface area (Å²) in [7, 11) is 0. The second kappa shape index (κ2) is 7.13. The Morgan fingerprint density at radius 1 is 1.04 bits per heavy atom. The molecular weight excluding hydrogens is 352 g/mol. The summed E-state index contributed by atoms with van der Waals surface area (Å²) in [5, 5.41) is 2.70. The number of amides is 3. The van der Waals surface area contributed by atoms with Crippen LogP contribution in [-0.2, 0) is 4.79 Å². The summed E-state index contributed by atoms with van der Waals surface area (Å²) in [6.07, 6.45) is 1.83. The average Bonchev–Trinajstić information content (AvgIpc) is 2.87. The van der Waals surface area contributed by atoms with Crippen LogP contribution in [-0.4, -0.2) is 41.2 Å². The Hall–Kier alpha value is -2.93. The van der Waals surface area contributed by atoms with E-state index in [-0.39, 0.29) is 18.2 Å². The lowest BCUT2D eigenvalue weighted by Gasteiger charge is -2.14. The lowest BCUT2D eigenvalue weighted by molar-refractivity contribution is -0.114. The molecule has 0 saturated heterocycles. The molecule has 0 unspecified atom stereocenters. The summed E-state index contributed by atoms with van der Waals surface area (Å²) in [6, 6.07) is 11.4. The quantitative estimate of drug-likeness (QED) is 0.498. The van der Waals surface area contributed by atoms with E-state index in [1.165, 1.54) is 18.7 Å². The van der Waals surface area contributed by atoms with E-state index >= 15 is 0 Å². The van der Waals surface area contributed by atoms with Crippen molar-refractivity contribution in [2.24, 2.45) is 0 Å². The minimum atomic E-state index is -0.459. The van der Waals surface area contributed by atoms with Gasteiger partial charge in [-0.25, -0.2) is 0 Å². The molecular formula is C19H16N2O4S. The Bertz CT molecular complexity index is 904. The molecule has 6 nitrogen and oxygen atoms in total. The summed E-state index contributed by atoms with van der Waals surface area (Å²) in [5.41, 5.74) is 1.62. The zero-order valence-electron chi connectivity index (χ0n) is 14.2. The summed E-state index contributed by atoms with van der Waals surface area (Å²) in [5.74, 6) is -1.47. The van der Waals surface area contributed by atoms with Crippen molar-refractivity contribution < 1.29 is 19.2 Å². The summed E-state index contributed by atoms with van der Waals surface area (Å²) in [6.45, 7) is 1.09. The lowest BCUT2D eigenvalue weighted by atomic mass is 10.1. The molecule has 0 radical (unpaired) electrons. The molecule has 2 aromatic rings. The zero-order chi connectivity index (χ0) is 18.8. The first-order valence-corrected chi connectivity index (χ1v) is 9.09. The highest BCUT2D eigenvalue weighted by Gasteiger charge is 2.36. The summed E-state index contributed by atoms with van der Waals surface area (Å²) in [4.78, 5) is 50.3. The number of nitrogens with one attached hydrogen (secondary N) is 1. The molecule has 0 spiro atoms. The van der Waals surface area contributed by atoms with Gasteiger partial charge in [-0.3, -0.25) is 24.1 Å². The van der Waals surface area contributed by atoms with E-state index in [0.29, 0.717) is 22.4 Å². The molecule has 0 aromatic heterocycles. The van der Waals surface area contributed by atoms with Crippen LogP contribution in [0.25, 0.3) is 0 Å². The van der Waals surface area contributed by atoms with E-state index in [4.69, 9.17) is 0 Å². The Balaban J connectivity index is 1.82. The van der Waals surface area contributed by atoms with Gasteiger partial charge < -0.3 is 5.32 Å². The minimum Gasteiger partial charge on any atom is -0.325 e. The monoisotopic (exact) mass is 368 g/mol. The average molecular weight is 368 g/mol. The van der Waals surface area contributed by atoms with Crippen LogP contribution in [0.2, 0.25) is 0 Å². The summed E-state index contributed by atoms with van der Waals surface area (Å²) >= 11 is 1.39. The van der Waals surface area contributed by atoms with Crippen LogP contribution in [0.3, 0.4) is 0 Å². The fraction of sp³-hybridized carbons (Fsp3) is 0.158. The van der Waals surface area contributed by atoms with Crippen molar-refractivity contribution in [1.82, 2.24) is 4.90 Å². The molecule has 0 atom stereocenters. The maximum absolute atomic E-state index is 12.6. The van der Waals surface area contributed by atoms with Gasteiger partial charge in [-0.05, 0) is 36.6 Å². The van der Waals surface area contributed by atoms with Gasteiger partial charge in [-0.1, -0.05) is 12.1 Å². The van der Waals surface area contributed by atoms with E-state index < -0.39 is 11.8 Å². The molecule has 0 bridgehead atoms. The fourth-order valence-electron chi connectivity index (χ4n) is 2.78. The van der Waals surface area contributed by atoms with Crippen LogP contribution < -0.4 is 5.32 Å². The smallest absolute Gasteiger partial charge is 0.261 e. The van der Waals surface area contributed by atoms with Crippen LogP contribution in [0.4, 0.5) is 5.69 Å². The van der Waals surface area contributed by atoms with Gasteiger partial charge >= 0.3 is 0 Å². The first-order chi connectivity index (χ1) is 12.4. The van der Waals surface area contributed by atoms with Gasteiger partial charge in [0.25, 0.3) is 11.8 Å². The van der Waals surface area contributed by atoms with Crippen LogP contribution in [0, 0.1) is 0 Å². The van der Waals surface area contributed by atoms with Gasteiger partial charge in [0.2, 0.25) is 5.91 Å². The first-order valence-electron chi connectivity index (χ1n) is 7.86. The maximum Gasteiger partial charge on any atom is 0.261 e. The lowest BCUT2D eigenvalue weighted by Crippen LogP contribution is -2.34. The van der Waals surface area contributed by atoms with Gasteiger partial charge in [-0.15, -0.1) is 11.8 Å². The third kappa shape index (κ3) is 3.25. The van der Waals surface area contributed by atoms with Crippen molar-refractivity contribution in [3.63, 3.8) is 0 Å². The molecule has 0 fully saturated rings. The van der Waals surface area contributed by atoms with E-state index in [1.54, 1.807) is 42.5 Å². The van der Waals surface area contributed by atoms with Gasteiger partial charge in [0.15, 0.2) is 5.78 Å². The Kier molecular flexibility index (Phi) is 4.90. The molecule has 0 saturated carbocycles. The minimum absolute atomic E-state index is 0.203. The van der Waals surface area contributed by atoms with Crippen LogP contribution in [0.1, 0.15) is 38.0 Å². The van der Waals surface area contributed by atoms with Crippen molar-refractivity contribution >= 4 is 41.0 Å². The number of imide groups is 1. The topological polar surface area (TPSA) is 83.6 Å². The highest BCUT2D eigenvalue weighted by Crippen LogP contribution is 2.28. The van der Waals surface area contributed by atoms with E-state index in [9.17, 15) is 19.2 Å². The number of ketones is 1. The number of thioether (sulfide) groups is 1. The van der Waals surface area contributed by atoms with Crippen LogP contribution >= 0.6 is 11.8 Å². The fourth-order valence-corrected chi connectivity index (χ4v) is 3.36. The molecule has 1 heterocycles. The predicted octanol–water partition coefficient (Wildman–Crippen LogP) is 2.85. The van der Waals surface area contributed by atoms with Crippen LogP contribution in [0.5, 0.6) is 0 Å². The van der Waals surface area contributed by atoms with Gasteiger partial charge in [0.05, 0.1) is 23.4 Å². The van der Waals surface area contributed by atoms with Gasteiger partial charge in [-0.2, -0.15) is 0 Å². The Labute approximate surface area is 154 Å². The Morgan fingerprint density at radius 2 is 1.65 bits per heavy atom. The van der Waals surface area contributed by atoms with Crippen molar-refractivity contribution in [2.75, 3.05) is 18.1 Å². The van der Waals surface area contributed by atoms with E-state index in [1.807, 2.05) is 6.26 Å². The number of nitrogens with zero attached hydrogens (tertiary/aromatic N) is 1. The van der Waals surface area contributed by atoms with Gasteiger partial charge in [0, 0.05) is 17.4 Å². The molecule has 1 aliphatic rings. The van der Waals surface area contributed by atoms with Crippen molar-refractivity contribution in [3.05, 3.63) is 59.2 Å². The van der Waals surface area contributed by atoms with E-state index in [0.717, 1.165) is 9.80 Å². The predicted molar refractivity (Wildman–Crippen MR) is 98.7 cm³/mol. The number of Topliss-reactive ketones (excluding diaryl/α,β-unsaturated/α-hetero) is 1. The Morgan fingerprint density at radius 3 is 2.19 bits per heavy atom. The number of anilines is 1. The third-order valence-corrected chi connectivity index (χ3v) is 4.79. The second-order valence-corrected chi connectivity index (χ2v) is 6.61. The van der Waals surface area contributed by atoms with Crippen molar-refractivity contribution in [1.29, 1.82) is 0 Å². The molecule has 2 aromatic carbocycles.